The molecule has 4 nitrogen and oxygen atoms in total. The number of Topliss-reactive ketones (excluding diaryl/α,β-unsaturated/α-hetero) is 1. The molecule has 0 aromatic carbocycles. The summed E-state index contributed by atoms with van der Waals surface area (Å²) in [6.07, 6.45) is 4.71. The van der Waals surface area contributed by atoms with Crippen LogP contribution in [0.1, 0.15) is 60.8 Å². The highest BCUT2D eigenvalue weighted by atomic mass is 32.2. The fourth-order valence-electron chi connectivity index (χ4n) is 1.97. The monoisotopic (exact) mass is 316 g/mol. The van der Waals surface area contributed by atoms with Gasteiger partial charge in [-0.15, -0.1) is 11.8 Å². The topological polar surface area (TPSA) is 58.2 Å². The Morgan fingerprint density at radius 2 is 1.67 bits per heavy atom. The maximum atomic E-state index is 12.3. The van der Waals surface area contributed by atoms with E-state index in [0.29, 0.717) is 6.42 Å². The van der Waals surface area contributed by atoms with Crippen molar-refractivity contribution in [3.8, 4) is 0 Å². The van der Waals surface area contributed by atoms with Crippen molar-refractivity contribution in [2.45, 2.75) is 71.7 Å². The van der Waals surface area contributed by atoms with E-state index in [9.17, 15) is 9.59 Å². The van der Waals surface area contributed by atoms with Gasteiger partial charge in [0, 0.05) is 12.3 Å². The maximum Gasteiger partial charge on any atom is 0.217 e. The fourth-order valence-corrected chi connectivity index (χ4v) is 2.22. The SMILES string of the molecule is CSC(C)(C)NCCCCC(NC(C)=O)C(=O)C(C)(C)C. The van der Waals surface area contributed by atoms with Gasteiger partial charge in [-0.3, -0.25) is 9.59 Å². The molecule has 0 aliphatic heterocycles. The lowest BCUT2D eigenvalue weighted by atomic mass is 9.84. The molecule has 124 valence electrons. The predicted octanol–water partition coefficient (Wildman–Crippen LogP) is 2.97. The first-order valence-corrected chi connectivity index (χ1v) is 8.83. The second-order valence-corrected chi connectivity index (χ2v) is 8.43. The molecule has 0 radical (unpaired) electrons. The zero-order valence-corrected chi connectivity index (χ0v) is 15.4. The molecule has 0 aromatic rings. The van der Waals surface area contributed by atoms with Crippen LogP contribution in [0.25, 0.3) is 0 Å². The smallest absolute Gasteiger partial charge is 0.217 e. The number of nitrogens with one attached hydrogen (secondary N) is 2. The zero-order valence-electron chi connectivity index (χ0n) is 14.6. The van der Waals surface area contributed by atoms with Crippen LogP contribution in [0.2, 0.25) is 0 Å². The third-order valence-electron chi connectivity index (χ3n) is 3.41. The number of ketones is 1. The summed E-state index contributed by atoms with van der Waals surface area (Å²) in [7, 11) is 0. The van der Waals surface area contributed by atoms with E-state index in [-0.39, 0.29) is 22.6 Å². The average molecular weight is 317 g/mol. The van der Waals surface area contributed by atoms with Gasteiger partial charge >= 0.3 is 0 Å². The van der Waals surface area contributed by atoms with Crippen LogP contribution < -0.4 is 10.6 Å². The molecule has 0 saturated carbocycles. The molecule has 0 bridgehead atoms. The molecule has 0 heterocycles. The largest absolute Gasteiger partial charge is 0.347 e. The molecule has 0 fully saturated rings. The Morgan fingerprint density at radius 1 is 1.10 bits per heavy atom. The minimum absolute atomic E-state index is 0.0816. The number of rotatable bonds is 9. The highest BCUT2D eigenvalue weighted by Gasteiger charge is 2.29. The van der Waals surface area contributed by atoms with E-state index in [1.54, 1.807) is 11.8 Å². The summed E-state index contributed by atoms with van der Waals surface area (Å²) in [5, 5.41) is 6.26. The Kier molecular flexibility index (Phi) is 8.56. The second kappa shape index (κ2) is 8.79. The third kappa shape index (κ3) is 9.14. The molecule has 0 rings (SSSR count). The summed E-state index contributed by atoms with van der Waals surface area (Å²) in [4.78, 5) is 23.7. The zero-order chi connectivity index (χ0) is 16.7. The molecule has 1 atom stereocenters. The van der Waals surface area contributed by atoms with Gasteiger partial charge < -0.3 is 10.6 Å². The molecule has 0 aromatic heterocycles. The van der Waals surface area contributed by atoms with Crippen LogP contribution >= 0.6 is 11.8 Å². The van der Waals surface area contributed by atoms with Crippen molar-refractivity contribution in [1.29, 1.82) is 0 Å². The number of unbranched alkanes of at least 4 members (excludes halogenated alkanes) is 1. The number of amides is 1. The first-order chi connectivity index (χ1) is 9.49. The van der Waals surface area contributed by atoms with Crippen LogP contribution in [0.4, 0.5) is 0 Å². The van der Waals surface area contributed by atoms with Gasteiger partial charge in [-0.1, -0.05) is 20.8 Å². The Bertz CT molecular complexity index is 349. The van der Waals surface area contributed by atoms with Gasteiger partial charge in [0.15, 0.2) is 5.78 Å². The Hall–Kier alpha value is -0.550. The first kappa shape index (κ1) is 20.5. The van der Waals surface area contributed by atoms with Crippen LogP contribution in [-0.4, -0.2) is 35.4 Å². The average Bonchev–Trinajstić information content (AvgIpc) is 2.34. The van der Waals surface area contributed by atoms with E-state index in [1.807, 2.05) is 20.8 Å². The van der Waals surface area contributed by atoms with Crippen molar-refractivity contribution in [1.82, 2.24) is 10.6 Å². The lowest BCUT2D eigenvalue weighted by molar-refractivity contribution is -0.132. The molecule has 0 aliphatic rings. The fraction of sp³-hybridized carbons (Fsp3) is 0.875. The molecule has 5 heteroatoms. The quantitative estimate of drug-likeness (QED) is 0.507. The summed E-state index contributed by atoms with van der Waals surface area (Å²) in [6.45, 7) is 12.4. The highest BCUT2D eigenvalue weighted by molar-refractivity contribution is 7.99. The molecule has 2 N–H and O–H groups in total. The van der Waals surface area contributed by atoms with Crippen molar-refractivity contribution in [3.63, 3.8) is 0 Å². The van der Waals surface area contributed by atoms with Crippen LogP contribution in [0, 0.1) is 5.41 Å². The summed E-state index contributed by atoms with van der Waals surface area (Å²) in [6, 6.07) is -0.365. The van der Waals surface area contributed by atoms with Crippen molar-refractivity contribution in [3.05, 3.63) is 0 Å². The van der Waals surface area contributed by atoms with Gasteiger partial charge in [-0.2, -0.15) is 0 Å². The van der Waals surface area contributed by atoms with E-state index in [2.05, 4.69) is 30.7 Å². The third-order valence-corrected chi connectivity index (χ3v) is 4.58. The number of hydrogen-bond acceptors (Lipinski definition) is 4. The Labute approximate surface area is 134 Å². The molecule has 1 unspecified atom stereocenters. The van der Waals surface area contributed by atoms with Crippen LogP contribution in [-0.2, 0) is 9.59 Å². The molecule has 0 spiro atoms. The molecule has 1 amide bonds. The summed E-state index contributed by atoms with van der Waals surface area (Å²) < 4.78 is 0. The van der Waals surface area contributed by atoms with Crippen molar-refractivity contribution >= 4 is 23.5 Å². The Morgan fingerprint density at radius 3 is 2.10 bits per heavy atom. The van der Waals surface area contributed by atoms with Gasteiger partial charge in [-0.05, 0) is 45.9 Å². The van der Waals surface area contributed by atoms with Crippen LogP contribution in [0.5, 0.6) is 0 Å². The van der Waals surface area contributed by atoms with E-state index < -0.39 is 5.41 Å². The van der Waals surface area contributed by atoms with Gasteiger partial charge in [-0.25, -0.2) is 0 Å². The lowest BCUT2D eigenvalue weighted by Gasteiger charge is -2.26. The lowest BCUT2D eigenvalue weighted by Crippen LogP contribution is -2.45. The van der Waals surface area contributed by atoms with E-state index in [1.165, 1.54) is 6.92 Å². The van der Waals surface area contributed by atoms with Crippen molar-refractivity contribution < 1.29 is 9.59 Å². The molecule has 0 saturated heterocycles. The van der Waals surface area contributed by atoms with Crippen molar-refractivity contribution in [2.75, 3.05) is 12.8 Å². The summed E-state index contributed by atoms with van der Waals surface area (Å²) in [5.74, 6) is -0.0330. The standard InChI is InChI=1S/C16H32N2O2S/c1-12(19)18-13(14(20)15(2,3)4)10-8-9-11-17-16(5,6)21-7/h13,17H,8-11H2,1-7H3,(H,18,19). The normalized spacial score (nSPS) is 13.9. The van der Waals surface area contributed by atoms with E-state index in [0.717, 1.165) is 19.4 Å². The van der Waals surface area contributed by atoms with Crippen molar-refractivity contribution in [2.24, 2.45) is 5.41 Å². The Balaban J connectivity index is 4.26. The van der Waals surface area contributed by atoms with E-state index >= 15 is 0 Å². The summed E-state index contributed by atoms with van der Waals surface area (Å²) >= 11 is 1.79. The maximum absolute atomic E-state index is 12.3. The minimum Gasteiger partial charge on any atom is -0.347 e. The number of thioether (sulfide) groups is 1. The van der Waals surface area contributed by atoms with Gasteiger partial charge in [0.25, 0.3) is 0 Å². The number of carbonyl (C=O) groups is 2. The number of hydrogen-bond donors (Lipinski definition) is 2. The molecule has 21 heavy (non-hydrogen) atoms. The van der Waals surface area contributed by atoms with Crippen LogP contribution in [0.15, 0.2) is 0 Å². The molecule has 0 aliphatic carbocycles. The second-order valence-electron chi connectivity index (χ2n) is 7.00. The predicted molar refractivity (Wildman–Crippen MR) is 91.5 cm³/mol. The number of carbonyl (C=O) groups excluding carboxylic acids is 2. The minimum atomic E-state index is -0.424. The van der Waals surface area contributed by atoms with Gasteiger partial charge in [0.1, 0.15) is 0 Å². The van der Waals surface area contributed by atoms with Crippen LogP contribution in [0.3, 0.4) is 0 Å². The summed E-state index contributed by atoms with van der Waals surface area (Å²) in [5.41, 5.74) is -0.424. The van der Waals surface area contributed by atoms with Gasteiger partial charge in [0.2, 0.25) is 5.91 Å². The molecular weight excluding hydrogens is 284 g/mol. The van der Waals surface area contributed by atoms with Gasteiger partial charge in [0.05, 0.1) is 10.9 Å². The molecular formula is C16H32N2O2S. The van der Waals surface area contributed by atoms with E-state index in [4.69, 9.17) is 0 Å². The highest BCUT2D eigenvalue weighted by Crippen LogP contribution is 2.20. The first-order valence-electron chi connectivity index (χ1n) is 7.61.